The van der Waals surface area contributed by atoms with Crippen LogP contribution in [0.3, 0.4) is 0 Å². The molecule has 1 amide bonds. The van der Waals surface area contributed by atoms with Gasteiger partial charge in [0.1, 0.15) is 12.6 Å². The van der Waals surface area contributed by atoms with Crippen molar-refractivity contribution in [2.75, 3.05) is 26.5 Å². The summed E-state index contributed by atoms with van der Waals surface area (Å²) in [6.45, 7) is 4.01. The maximum atomic E-state index is 13.0. The molecule has 1 aliphatic carbocycles. The van der Waals surface area contributed by atoms with Gasteiger partial charge in [-0.2, -0.15) is 17.2 Å². The fourth-order valence-corrected chi connectivity index (χ4v) is 4.74. The summed E-state index contributed by atoms with van der Waals surface area (Å²) < 4.78 is 75.4. The first-order valence-electron chi connectivity index (χ1n) is 13.4. The van der Waals surface area contributed by atoms with Gasteiger partial charge in [0.25, 0.3) is 5.91 Å². The number of rotatable bonds is 16. The standard InChI is InChI=1S/C30H34ClF2NO9S/c1-17(2)22(18(3)31)14-25(20-8-11-24(42-30(32)33)26(12-20)40-16-19-6-7-19)41-28(35)15-34-29(36)21-9-10-23(39-4)27(13-21)43-44(5,37)38/h8-13,19,25,30H,1,6-7,14-16H2,2-5H3,(H,34,36)/b22-18+/t25-/m0/s1. The molecule has 2 aromatic rings. The highest BCUT2D eigenvalue weighted by atomic mass is 35.5. The zero-order chi connectivity index (χ0) is 32.6. The van der Waals surface area contributed by atoms with E-state index >= 15 is 0 Å². The van der Waals surface area contributed by atoms with Crippen molar-refractivity contribution in [3.8, 4) is 23.0 Å². The van der Waals surface area contributed by atoms with E-state index in [4.69, 9.17) is 30.0 Å². The van der Waals surface area contributed by atoms with Crippen molar-refractivity contribution in [1.82, 2.24) is 5.32 Å². The van der Waals surface area contributed by atoms with Crippen molar-refractivity contribution in [2.45, 2.75) is 45.8 Å². The van der Waals surface area contributed by atoms with Crippen LogP contribution in [-0.4, -0.2) is 53.4 Å². The zero-order valence-corrected chi connectivity index (χ0v) is 26.2. The quantitative estimate of drug-likeness (QED) is 0.133. The summed E-state index contributed by atoms with van der Waals surface area (Å²) in [7, 11) is -2.61. The molecule has 3 rings (SSSR count). The number of hydrogen-bond acceptors (Lipinski definition) is 9. The summed E-state index contributed by atoms with van der Waals surface area (Å²) in [5, 5.41) is 2.84. The number of nitrogens with one attached hydrogen (secondary N) is 1. The minimum absolute atomic E-state index is 0.00820. The monoisotopic (exact) mass is 657 g/mol. The number of esters is 1. The molecule has 0 bridgehead atoms. The van der Waals surface area contributed by atoms with Gasteiger partial charge >= 0.3 is 22.7 Å². The number of ether oxygens (including phenoxy) is 4. The number of hydrogen-bond donors (Lipinski definition) is 1. The Morgan fingerprint density at radius 3 is 2.32 bits per heavy atom. The van der Waals surface area contributed by atoms with Crippen molar-refractivity contribution in [3.05, 3.63) is 70.3 Å². The summed E-state index contributed by atoms with van der Waals surface area (Å²) in [6, 6.07) is 8.10. The van der Waals surface area contributed by atoms with Crippen LogP contribution < -0.4 is 23.7 Å². The molecular weight excluding hydrogens is 624 g/mol. The van der Waals surface area contributed by atoms with Gasteiger partial charge in [0.15, 0.2) is 23.0 Å². The Balaban J connectivity index is 1.82. The minimum atomic E-state index is -3.92. The smallest absolute Gasteiger partial charge is 0.387 e. The van der Waals surface area contributed by atoms with E-state index in [0.29, 0.717) is 34.3 Å². The number of amides is 1. The van der Waals surface area contributed by atoms with E-state index in [-0.39, 0.29) is 35.0 Å². The van der Waals surface area contributed by atoms with Crippen LogP contribution >= 0.6 is 11.6 Å². The van der Waals surface area contributed by atoms with E-state index in [9.17, 15) is 26.8 Å². The second-order valence-electron chi connectivity index (χ2n) is 10.1. The molecule has 0 heterocycles. The topological polar surface area (TPSA) is 126 Å². The van der Waals surface area contributed by atoms with Crippen molar-refractivity contribution in [3.63, 3.8) is 0 Å². The van der Waals surface area contributed by atoms with Crippen molar-refractivity contribution >= 4 is 33.6 Å². The van der Waals surface area contributed by atoms with Crippen LogP contribution in [0, 0.1) is 5.92 Å². The predicted octanol–water partition coefficient (Wildman–Crippen LogP) is 5.92. The third-order valence-corrected chi connectivity index (χ3v) is 7.09. The molecule has 10 nitrogen and oxygen atoms in total. The zero-order valence-electron chi connectivity index (χ0n) is 24.7. The van der Waals surface area contributed by atoms with Gasteiger partial charge in [0.2, 0.25) is 0 Å². The maximum absolute atomic E-state index is 13.0. The maximum Gasteiger partial charge on any atom is 0.387 e. The molecule has 1 saturated carbocycles. The molecule has 0 radical (unpaired) electrons. The van der Waals surface area contributed by atoms with Crippen LogP contribution in [0.15, 0.2) is 59.2 Å². The van der Waals surface area contributed by atoms with Crippen molar-refractivity contribution < 1.29 is 49.9 Å². The Hall–Kier alpha value is -3.84. The molecule has 1 aliphatic rings. The number of alkyl halides is 2. The third kappa shape index (κ3) is 10.7. The Morgan fingerprint density at radius 2 is 1.75 bits per heavy atom. The largest absolute Gasteiger partial charge is 0.493 e. The highest BCUT2D eigenvalue weighted by molar-refractivity contribution is 7.86. The Morgan fingerprint density at radius 1 is 1.07 bits per heavy atom. The molecule has 240 valence electrons. The molecule has 1 atom stereocenters. The first-order chi connectivity index (χ1) is 20.7. The van der Waals surface area contributed by atoms with Crippen LogP contribution in [0.1, 0.15) is 55.1 Å². The van der Waals surface area contributed by atoms with Crippen LogP contribution in [0.25, 0.3) is 0 Å². The van der Waals surface area contributed by atoms with E-state index in [2.05, 4.69) is 16.6 Å². The lowest BCUT2D eigenvalue weighted by molar-refractivity contribution is -0.148. The van der Waals surface area contributed by atoms with E-state index in [0.717, 1.165) is 25.2 Å². The van der Waals surface area contributed by atoms with Crippen molar-refractivity contribution in [2.24, 2.45) is 5.92 Å². The van der Waals surface area contributed by atoms with Gasteiger partial charge in [0.05, 0.1) is 20.0 Å². The van der Waals surface area contributed by atoms with Crippen LogP contribution in [0.5, 0.6) is 23.0 Å². The Bertz CT molecular complexity index is 1520. The summed E-state index contributed by atoms with van der Waals surface area (Å²) >= 11 is 6.29. The van der Waals surface area contributed by atoms with Crippen molar-refractivity contribution in [1.29, 1.82) is 0 Å². The fraction of sp³-hybridized carbons (Fsp3) is 0.400. The number of benzene rings is 2. The Kier molecular flexibility index (Phi) is 12.0. The highest BCUT2D eigenvalue weighted by Gasteiger charge is 2.26. The SMILES string of the molecule is C=C(C)/C(C[C@H](OC(=O)CNC(=O)c1ccc(OC)c(OS(C)(=O)=O)c1)c1ccc(OC(F)F)c(OCC2CC2)c1)=C(\C)Cl. The number of carbonyl (C=O) groups excluding carboxylic acids is 2. The molecule has 0 saturated heterocycles. The lowest BCUT2D eigenvalue weighted by Crippen LogP contribution is -2.31. The van der Waals surface area contributed by atoms with Gasteiger partial charge < -0.3 is 28.4 Å². The Labute approximate surface area is 260 Å². The normalized spacial score (nSPS) is 14.3. The molecule has 2 aromatic carbocycles. The van der Waals surface area contributed by atoms with E-state index in [1.807, 2.05) is 0 Å². The summed E-state index contributed by atoms with van der Waals surface area (Å²) in [6.07, 6.45) is 1.90. The van der Waals surface area contributed by atoms with Gasteiger partial charge in [0, 0.05) is 17.0 Å². The van der Waals surface area contributed by atoms with E-state index in [1.54, 1.807) is 13.8 Å². The van der Waals surface area contributed by atoms with Gasteiger partial charge in [-0.1, -0.05) is 29.8 Å². The van der Waals surface area contributed by atoms with E-state index < -0.39 is 41.3 Å². The molecule has 1 fully saturated rings. The number of methoxy groups -OCH3 is 1. The first kappa shape index (κ1) is 34.6. The molecule has 1 N–H and O–H groups in total. The molecule has 0 spiro atoms. The summed E-state index contributed by atoms with van der Waals surface area (Å²) in [4.78, 5) is 25.8. The number of halogens is 3. The van der Waals surface area contributed by atoms with E-state index in [1.165, 1.54) is 37.4 Å². The van der Waals surface area contributed by atoms with Crippen LogP contribution in [-0.2, 0) is 19.6 Å². The fourth-order valence-electron chi connectivity index (χ4n) is 4.05. The molecular formula is C30H34ClF2NO9S. The van der Waals surface area contributed by atoms with Crippen LogP contribution in [0.2, 0.25) is 0 Å². The summed E-state index contributed by atoms with van der Waals surface area (Å²) in [5.41, 5.74) is 1.64. The number of allylic oxidation sites excluding steroid dienone is 2. The molecule has 0 unspecified atom stereocenters. The second-order valence-corrected chi connectivity index (χ2v) is 12.3. The third-order valence-electron chi connectivity index (χ3n) is 6.38. The predicted molar refractivity (Wildman–Crippen MR) is 159 cm³/mol. The molecule has 44 heavy (non-hydrogen) atoms. The van der Waals surface area contributed by atoms with Gasteiger partial charge in [-0.15, -0.1) is 0 Å². The molecule has 0 aliphatic heterocycles. The van der Waals surface area contributed by atoms with Crippen LogP contribution in [0.4, 0.5) is 8.78 Å². The van der Waals surface area contributed by atoms with Gasteiger partial charge in [-0.25, -0.2) is 0 Å². The van der Waals surface area contributed by atoms with Gasteiger partial charge in [-0.3, -0.25) is 9.59 Å². The molecule has 14 heteroatoms. The average molecular weight is 658 g/mol. The average Bonchev–Trinajstić information content (AvgIpc) is 3.76. The minimum Gasteiger partial charge on any atom is -0.493 e. The highest BCUT2D eigenvalue weighted by Crippen LogP contribution is 2.38. The lowest BCUT2D eigenvalue weighted by atomic mass is 9.97. The van der Waals surface area contributed by atoms with Gasteiger partial charge in [-0.05, 0) is 74.1 Å². The molecule has 0 aromatic heterocycles. The first-order valence-corrected chi connectivity index (χ1v) is 15.6. The number of carbonyl (C=O) groups is 2. The summed E-state index contributed by atoms with van der Waals surface area (Å²) in [5.74, 6) is -1.44. The lowest BCUT2D eigenvalue weighted by Gasteiger charge is -2.22. The second kappa shape index (κ2) is 15.2.